The average Bonchev–Trinajstić information content (AvgIpc) is 3.32. The summed E-state index contributed by atoms with van der Waals surface area (Å²) in [7, 11) is 1.36. The molecule has 0 bridgehead atoms. The Morgan fingerprint density at radius 3 is 2.37 bits per heavy atom. The molecule has 2 aliphatic carbocycles. The molecule has 1 saturated carbocycles. The molecule has 2 aliphatic heterocycles. The summed E-state index contributed by atoms with van der Waals surface area (Å²) < 4.78 is 5.59. The minimum atomic E-state index is -2.01. The molecule has 0 spiro atoms. The van der Waals surface area contributed by atoms with Crippen LogP contribution in [0.1, 0.15) is 24.3 Å². The number of amides is 4. The van der Waals surface area contributed by atoms with Crippen molar-refractivity contribution in [2.24, 2.45) is 17.8 Å². The minimum Gasteiger partial charge on any atom is -0.503 e. The first-order chi connectivity index (χ1) is 20.3. The standard InChI is InChI=1S/C28H21Br2Cl2N3O8/c1-43-19-9-12(8-18(30)22(19)36)21-15-6-7-16-20(17(15)10-27(31)25(39)33(11-29)26(40)28(21,27)32)24(38)34(23(16)37)13-2-4-14(5-3-13)35(41)42/h2-6,8-9,16-17,20-21,36H,7,10-11H2,1H3/t16-,17+,20-,21-,27+,28-/m0/s1. The van der Waals surface area contributed by atoms with Gasteiger partial charge in [-0.25, -0.2) is 0 Å². The number of nitrogens with zero attached hydrogens (tertiary/aromatic N) is 3. The van der Waals surface area contributed by atoms with Crippen LogP contribution in [0.4, 0.5) is 11.4 Å². The van der Waals surface area contributed by atoms with E-state index in [1.807, 2.05) is 0 Å². The van der Waals surface area contributed by atoms with Gasteiger partial charge in [-0.1, -0.05) is 27.6 Å². The SMILES string of the molecule is COc1cc([C@H]2C3=CC[C@@H]4C(=O)N(c5ccc([N+](=O)[O-])cc5)C(=O)[C@@H]4[C@@H]3C[C@@]3(Cl)C(=O)N(CBr)C(=O)[C@@]23Cl)cc(Br)c1O. The monoisotopic (exact) mass is 755 g/mol. The van der Waals surface area contributed by atoms with E-state index in [0.717, 1.165) is 9.80 Å². The van der Waals surface area contributed by atoms with Crippen molar-refractivity contribution in [2.45, 2.75) is 28.5 Å². The Bertz CT molecular complexity index is 1670. The van der Waals surface area contributed by atoms with Crippen molar-refractivity contribution in [2.75, 3.05) is 17.5 Å². The highest BCUT2D eigenvalue weighted by Gasteiger charge is 2.76. The van der Waals surface area contributed by atoms with Gasteiger partial charge in [0.2, 0.25) is 11.8 Å². The molecule has 2 aromatic carbocycles. The summed E-state index contributed by atoms with van der Waals surface area (Å²) in [6, 6.07) is 8.15. The third-order valence-corrected chi connectivity index (χ3v) is 11.5. The highest BCUT2D eigenvalue weighted by atomic mass is 79.9. The minimum absolute atomic E-state index is 0.0758. The fourth-order valence-corrected chi connectivity index (χ4v) is 8.91. The third kappa shape index (κ3) is 3.97. The molecular weight excluding hydrogens is 737 g/mol. The molecular formula is C28H21Br2Cl2N3O8. The van der Waals surface area contributed by atoms with Crippen LogP contribution < -0.4 is 9.64 Å². The van der Waals surface area contributed by atoms with Crippen molar-refractivity contribution < 1.29 is 33.9 Å². The van der Waals surface area contributed by atoms with Crippen LogP contribution in [0.5, 0.6) is 11.5 Å². The number of anilines is 1. The number of fused-ring (bicyclic) bond motifs is 4. The Balaban J connectivity index is 1.51. The number of likely N-dealkylation sites (tertiary alicyclic amines) is 1. The quantitative estimate of drug-likeness (QED) is 0.112. The number of halogens is 4. The van der Waals surface area contributed by atoms with Gasteiger partial charge in [0.25, 0.3) is 17.5 Å². The average molecular weight is 758 g/mol. The van der Waals surface area contributed by atoms with Gasteiger partial charge in [0.05, 0.1) is 39.5 Å². The lowest BCUT2D eigenvalue weighted by atomic mass is 9.56. The first kappa shape index (κ1) is 30.0. The van der Waals surface area contributed by atoms with Crippen LogP contribution in [0.25, 0.3) is 0 Å². The number of nitro benzene ring substituents is 1. The Morgan fingerprint density at radius 1 is 1.09 bits per heavy atom. The van der Waals surface area contributed by atoms with Gasteiger partial charge in [0, 0.05) is 18.1 Å². The van der Waals surface area contributed by atoms with Crippen molar-refractivity contribution in [1.29, 1.82) is 0 Å². The van der Waals surface area contributed by atoms with E-state index in [9.17, 15) is 34.4 Å². The van der Waals surface area contributed by atoms with Gasteiger partial charge in [-0.15, -0.1) is 23.2 Å². The van der Waals surface area contributed by atoms with Crippen LogP contribution in [0, 0.1) is 27.9 Å². The number of methoxy groups -OCH3 is 1. The molecule has 1 N–H and O–H groups in total. The highest BCUT2D eigenvalue weighted by Crippen LogP contribution is 2.66. The Kier molecular flexibility index (Phi) is 7.19. The van der Waals surface area contributed by atoms with Crippen LogP contribution >= 0.6 is 55.1 Å². The number of phenols is 1. The van der Waals surface area contributed by atoms with E-state index in [-0.39, 0.29) is 45.6 Å². The normalized spacial score (nSPS) is 31.5. The number of carbonyl (C=O) groups excluding carboxylic acids is 4. The van der Waals surface area contributed by atoms with Crippen molar-refractivity contribution >= 4 is 90.1 Å². The maximum absolute atomic E-state index is 14.0. The lowest BCUT2D eigenvalue weighted by Crippen LogP contribution is -2.60. The number of imide groups is 2. The molecule has 15 heteroatoms. The number of aromatic hydroxyl groups is 1. The summed E-state index contributed by atoms with van der Waals surface area (Å²) in [5.74, 6) is -6.13. The van der Waals surface area contributed by atoms with Gasteiger partial charge in [0.15, 0.2) is 21.2 Å². The predicted molar refractivity (Wildman–Crippen MR) is 161 cm³/mol. The zero-order valence-corrected chi connectivity index (χ0v) is 26.8. The Morgan fingerprint density at radius 2 is 1.77 bits per heavy atom. The van der Waals surface area contributed by atoms with Gasteiger partial charge >= 0.3 is 0 Å². The highest BCUT2D eigenvalue weighted by molar-refractivity contribution is 9.10. The second-order valence-electron chi connectivity index (χ2n) is 10.8. The third-order valence-electron chi connectivity index (χ3n) is 8.94. The Labute approximate surface area is 271 Å². The zero-order chi connectivity index (χ0) is 31.2. The summed E-state index contributed by atoms with van der Waals surface area (Å²) in [6.07, 6.45) is 1.73. The van der Waals surface area contributed by atoms with Gasteiger partial charge < -0.3 is 9.84 Å². The number of hydrogen-bond acceptors (Lipinski definition) is 8. The summed E-state index contributed by atoms with van der Waals surface area (Å²) in [6.45, 7) is 0. The number of benzene rings is 2. The molecule has 2 aromatic rings. The van der Waals surface area contributed by atoms with Gasteiger partial charge in [-0.2, -0.15) is 0 Å². The van der Waals surface area contributed by atoms with E-state index in [1.165, 1.54) is 37.4 Å². The first-order valence-electron chi connectivity index (χ1n) is 13.0. The van der Waals surface area contributed by atoms with Gasteiger partial charge in [-0.3, -0.25) is 39.1 Å². The number of nitro groups is 1. The number of allylic oxidation sites excluding steroid dienone is 2. The van der Waals surface area contributed by atoms with Gasteiger partial charge in [-0.05, 0) is 64.5 Å². The van der Waals surface area contributed by atoms with Crippen molar-refractivity contribution in [3.05, 3.63) is 68.2 Å². The molecule has 0 unspecified atom stereocenters. The number of phenolic OH excluding ortho intramolecular Hbond substituents is 1. The van der Waals surface area contributed by atoms with Crippen molar-refractivity contribution in [3.8, 4) is 11.5 Å². The molecule has 6 rings (SSSR count). The number of hydrogen-bond donors (Lipinski definition) is 1. The molecule has 11 nitrogen and oxygen atoms in total. The van der Waals surface area contributed by atoms with E-state index < -0.39 is 62.0 Å². The smallest absolute Gasteiger partial charge is 0.269 e. The van der Waals surface area contributed by atoms with Gasteiger partial charge in [0.1, 0.15) is 0 Å². The van der Waals surface area contributed by atoms with Crippen LogP contribution in [0.3, 0.4) is 0 Å². The van der Waals surface area contributed by atoms with E-state index >= 15 is 0 Å². The topological polar surface area (TPSA) is 147 Å². The molecule has 2 heterocycles. The van der Waals surface area contributed by atoms with Crippen LogP contribution in [0.15, 0.2) is 52.5 Å². The molecule has 4 aliphatic rings. The summed E-state index contributed by atoms with van der Waals surface area (Å²) in [5, 5.41) is 21.6. The largest absolute Gasteiger partial charge is 0.503 e. The van der Waals surface area contributed by atoms with E-state index in [4.69, 9.17) is 27.9 Å². The molecule has 0 radical (unpaired) electrons. The summed E-state index contributed by atoms with van der Waals surface area (Å²) in [5.41, 5.74) is 0.789. The number of non-ortho nitro benzene ring substituents is 1. The first-order valence-corrected chi connectivity index (χ1v) is 15.7. The zero-order valence-electron chi connectivity index (χ0n) is 22.1. The molecule has 0 aromatic heterocycles. The van der Waals surface area contributed by atoms with E-state index in [0.29, 0.717) is 11.1 Å². The molecule has 43 heavy (non-hydrogen) atoms. The molecule has 224 valence electrons. The summed E-state index contributed by atoms with van der Waals surface area (Å²) in [4.78, 5) is 63.8. The van der Waals surface area contributed by atoms with Crippen LogP contribution in [0.2, 0.25) is 0 Å². The molecule has 3 fully saturated rings. The lowest BCUT2D eigenvalue weighted by molar-refractivity contribution is -0.384. The van der Waals surface area contributed by atoms with E-state index in [2.05, 4.69) is 31.9 Å². The lowest BCUT2D eigenvalue weighted by Gasteiger charge is -2.50. The molecule has 2 saturated heterocycles. The maximum Gasteiger partial charge on any atom is 0.269 e. The van der Waals surface area contributed by atoms with Crippen LogP contribution in [-0.2, 0) is 19.2 Å². The number of rotatable bonds is 5. The number of ether oxygens (including phenoxy) is 1. The maximum atomic E-state index is 14.0. The summed E-state index contributed by atoms with van der Waals surface area (Å²) >= 11 is 20.9. The number of alkyl halides is 3. The molecule has 4 amide bonds. The van der Waals surface area contributed by atoms with Crippen molar-refractivity contribution in [1.82, 2.24) is 4.90 Å². The van der Waals surface area contributed by atoms with Crippen molar-refractivity contribution in [3.63, 3.8) is 0 Å². The fourth-order valence-electron chi connectivity index (χ4n) is 7.02. The number of carbonyl (C=O) groups is 4. The predicted octanol–water partition coefficient (Wildman–Crippen LogP) is 4.99. The fraction of sp³-hybridized carbons (Fsp3) is 0.357. The van der Waals surface area contributed by atoms with E-state index in [1.54, 1.807) is 12.1 Å². The van der Waals surface area contributed by atoms with Crippen LogP contribution in [-0.4, -0.2) is 60.9 Å². The Hall–Kier alpha value is -3.00. The second-order valence-corrected chi connectivity index (χ2v) is 13.4. The second kappa shape index (κ2) is 10.3. The molecule has 6 atom stereocenters.